The van der Waals surface area contributed by atoms with Gasteiger partial charge in [-0.1, -0.05) is 26.8 Å². The number of fused-ring (bicyclic) bond motifs is 2. The Kier molecular flexibility index (Phi) is 4.83. The maximum Gasteiger partial charge on any atom is 0.255 e. The first-order valence-electron chi connectivity index (χ1n) is 12.3. The largest absolute Gasteiger partial charge is 0.356 e. The summed E-state index contributed by atoms with van der Waals surface area (Å²) in [4.78, 5) is 24.9. The number of pyridine rings is 1. The molecule has 3 aromatic rings. The van der Waals surface area contributed by atoms with Gasteiger partial charge in [0.05, 0.1) is 42.1 Å². The van der Waals surface area contributed by atoms with E-state index in [2.05, 4.69) is 53.2 Å². The molecular weight excluding hydrogens is 426 g/mol. The zero-order valence-electron chi connectivity index (χ0n) is 20.5. The topological polar surface area (TPSA) is 80.9 Å². The number of nitrogens with zero attached hydrogens (tertiary/aromatic N) is 6. The minimum Gasteiger partial charge on any atom is -0.356 e. The van der Waals surface area contributed by atoms with Crippen molar-refractivity contribution in [2.45, 2.75) is 58.0 Å². The number of imidazole rings is 1. The van der Waals surface area contributed by atoms with Crippen LogP contribution in [0.3, 0.4) is 0 Å². The Balaban J connectivity index is 1.18. The van der Waals surface area contributed by atoms with Gasteiger partial charge >= 0.3 is 0 Å². The molecule has 178 valence electrons. The number of aryl methyl sites for hydroxylation is 1. The number of hydrogen-bond acceptors (Lipinski definition) is 5. The molecule has 1 saturated heterocycles. The highest BCUT2D eigenvalue weighted by Gasteiger charge is 2.45. The molecule has 0 bridgehead atoms. The quantitative estimate of drug-likeness (QED) is 0.634. The van der Waals surface area contributed by atoms with Crippen molar-refractivity contribution in [3.05, 3.63) is 59.1 Å². The lowest BCUT2D eigenvalue weighted by Gasteiger charge is -2.26. The third-order valence-corrected chi connectivity index (χ3v) is 7.60. The van der Waals surface area contributed by atoms with Crippen molar-refractivity contribution in [2.75, 3.05) is 18.0 Å². The van der Waals surface area contributed by atoms with Crippen LogP contribution in [0.2, 0.25) is 0 Å². The third-order valence-electron chi connectivity index (χ3n) is 7.60. The van der Waals surface area contributed by atoms with Crippen LogP contribution in [0.15, 0.2) is 30.9 Å². The molecule has 2 aliphatic carbocycles. The summed E-state index contributed by atoms with van der Waals surface area (Å²) in [5.41, 5.74) is 4.93. The van der Waals surface area contributed by atoms with Crippen LogP contribution in [-0.2, 0) is 25.4 Å². The number of amides is 1. The van der Waals surface area contributed by atoms with E-state index in [1.165, 1.54) is 12.1 Å². The van der Waals surface area contributed by atoms with Crippen LogP contribution in [0.4, 0.5) is 5.82 Å². The van der Waals surface area contributed by atoms with Gasteiger partial charge in [0.2, 0.25) is 0 Å². The number of nitrogens with one attached hydrogen (secondary N) is 1. The lowest BCUT2D eigenvalue weighted by atomic mass is 9.88. The summed E-state index contributed by atoms with van der Waals surface area (Å²) in [6, 6.07) is 4.31. The second-order valence-electron chi connectivity index (χ2n) is 11.3. The molecule has 2 fully saturated rings. The summed E-state index contributed by atoms with van der Waals surface area (Å²) in [5, 5.41) is 7.63. The summed E-state index contributed by atoms with van der Waals surface area (Å²) in [7, 11) is 2.00. The van der Waals surface area contributed by atoms with Gasteiger partial charge in [0.25, 0.3) is 5.91 Å². The van der Waals surface area contributed by atoms with Gasteiger partial charge < -0.3 is 14.8 Å². The number of piperidine rings is 1. The number of hydrogen-bond donors (Lipinski definition) is 1. The normalized spacial score (nSPS) is 23.2. The van der Waals surface area contributed by atoms with Crippen molar-refractivity contribution in [1.29, 1.82) is 0 Å². The molecule has 3 aromatic heterocycles. The van der Waals surface area contributed by atoms with Crippen molar-refractivity contribution >= 4 is 11.7 Å². The van der Waals surface area contributed by atoms with Crippen LogP contribution in [-0.4, -0.2) is 43.3 Å². The third kappa shape index (κ3) is 3.79. The van der Waals surface area contributed by atoms with E-state index in [1.54, 1.807) is 6.20 Å². The lowest BCUT2D eigenvalue weighted by Crippen LogP contribution is -2.27. The Morgan fingerprint density at radius 3 is 2.76 bits per heavy atom. The molecule has 8 nitrogen and oxygen atoms in total. The Morgan fingerprint density at radius 2 is 2.00 bits per heavy atom. The van der Waals surface area contributed by atoms with E-state index in [0.717, 1.165) is 60.5 Å². The standard InChI is InChI=1S/C26H33N7O/c1-26(2,3)24-16(5-8-22(30-24)32-11-17-9-18(17)12-32)13-33-14-19(10-28-33)25(34)29-20-6-7-21-23(20)27-15-31(21)4/h5,8,10,14-15,17-18,20H,6-7,9,11-13H2,1-4H3,(H,29,34)/t17?,18?,20-/m1/s1. The molecular formula is C26H33N7O. The zero-order chi connectivity index (χ0) is 23.6. The second kappa shape index (κ2) is 7.68. The molecule has 0 spiro atoms. The minimum absolute atomic E-state index is 0.0343. The van der Waals surface area contributed by atoms with Gasteiger partial charge in [0.1, 0.15) is 5.82 Å². The van der Waals surface area contributed by atoms with Crippen LogP contribution < -0.4 is 10.2 Å². The van der Waals surface area contributed by atoms with Gasteiger partial charge in [-0.3, -0.25) is 9.48 Å². The van der Waals surface area contributed by atoms with E-state index >= 15 is 0 Å². The van der Waals surface area contributed by atoms with Gasteiger partial charge in [-0.25, -0.2) is 9.97 Å². The van der Waals surface area contributed by atoms with Crippen molar-refractivity contribution < 1.29 is 4.79 Å². The van der Waals surface area contributed by atoms with Gasteiger partial charge in [0, 0.05) is 37.4 Å². The molecule has 1 saturated carbocycles. The van der Waals surface area contributed by atoms with Crippen molar-refractivity contribution in [2.24, 2.45) is 18.9 Å². The SMILES string of the molecule is Cn1cnc2c1CC[C@H]2NC(=O)c1cnn(Cc2ccc(N3CC4CC4C3)nc2C(C)(C)C)c1. The first-order valence-corrected chi connectivity index (χ1v) is 12.3. The van der Waals surface area contributed by atoms with Crippen molar-refractivity contribution in [3.8, 4) is 0 Å². The molecule has 8 heteroatoms. The Morgan fingerprint density at radius 1 is 1.21 bits per heavy atom. The van der Waals surface area contributed by atoms with E-state index in [4.69, 9.17) is 4.98 Å². The minimum atomic E-state index is -0.105. The van der Waals surface area contributed by atoms with E-state index < -0.39 is 0 Å². The molecule has 1 amide bonds. The monoisotopic (exact) mass is 459 g/mol. The van der Waals surface area contributed by atoms with Crippen LogP contribution in [0.1, 0.15) is 72.7 Å². The summed E-state index contributed by atoms with van der Waals surface area (Å²) in [5.74, 6) is 2.74. The summed E-state index contributed by atoms with van der Waals surface area (Å²) in [6.45, 7) is 9.49. The predicted octanol–water partition coefficient (Wildman–Crippen LogP) is 3.23. The molecule has 34 heavy (non-hydrogen) atoms. The van der Waals surface area contributed by atoms with Gasteiger partial charge in [-0.2, -0.15) is 5.10 Å². The smallest absolute Gasteiger partial charge is 0.255 e. The first-order chi connectivity index (χ1) is 16.3. The van der Waals surface area contributed by atoms with Crippen LogP contribution in [0, 0.1) is 11.8 Å². The number of rotatable bonds is 5. The van der Waals surface area contributed by atoms with Crippen molar-refractivity contribution in [1.82, 2.24) is 29.6 Å². The molecule has 3 atom stereocenters. The van der Waals surface area contributed by atoms with Crippen LogP contribution in [0.5, 0.6) is 0 Å². The maximum absolute atomic E-state index is 12.9. The molecule has 4 heterocycles. The number of carbonyl (C=O) groups excluding carboxylic acids is 1. The van der Waals surface area contributed by atoms with E-state index in [0.29, 0.717) is 12.1 Å². The van der Waals surface area contributed by atoms with Gasteiger partial charge in [-0.05, 0) is 42.7 Å². The van der Waals surface area contributed by atoms with E-state index in [1.807, 2.05) is 28.8 Å². The van der Waals surface area contributed by atoms with E-state index in [-0.39, 0.29) is 17.4 Å². The molecule has 2 unspecified atom stereocenters. The van der Waals surface area contributed by atoms with Crippen LogP contribution in [0.25, 0.3) is 0 Å². The highest BCUT2D eigenvalue weighted by atomic mass is 16.1. The predicted molar refractivity (Wildman–Crippen MR) is 130 cm³/mol. The molecule has 1 N–H and O–H groups in total. The second-order valence-corrected chi connectivity index (χ2v) is 11.3. The zero-order valence-corrected chi connectivity index (χ0v) is 20.5. The molecule has 6 rings (SSSR count). The number of anilines is 1. The molecule has 0 radical (unpaired) electrons. The fraction of sp³-hybridized carbons (Fsp3) is 0.538. The summed E-state index contributed by atoms with van der Waals surface area (Å²) in [6.07, 6.45) is 8.51. The number of aromatic nitrogens is 5. The summed E-state index contributed by atoms with van der Waals surface area (Å²) < 4.78 is 3.88. The highest BCUT2D eigenvalue weighted by Crippen LogP contribution is 2.46. The average molecular weight is 460 g/mol. The molecule has 0 aromatic carbocycles. The van der Waals surface area contributed by atoms with E-state index in [9.17, 15) is 4.79 Å². The summed E-state index contributed by atoms with van der Waals surface area (Å²) >= 11 is 0. The maximum atomic E-state index is 12.9. The first kappa shape index (κ1) is 21.4. The molecule has 1 aliphatic heterocycles. The average Bonchev–Trinajstić information content (AvgIpc) is 3.26. The molecule has 3 aliphatic rings. The Hall–Kier alpha value is -3.16. The highest BCUT2D eigenvalue weighted by molar-refractivity contribution is 5.94. The lowest BCUT2D eigenvalue weighted by molar-refractivity contribution is 0.0936. The van der Waals surface area contributed by atoms with Gasteiger partial charge in [-0.15, -0.1) is 0 Å². The number of carbonyl (C=O) groups is 1. The Bertz CT molecular complexity index is 1240. The van der Waals surface area contributed by atoms with Gasteiger partial charge in [0.15, 0.2) is 0 Å². The van der Waals surface area contributed by atoms with Crippen molar-refractivity contribution in [3.63, 3.8) is 0 Å². The fourth-order valence-corrected chi connectivity index (χ4v) is 5.63. The van der Waals surface area contributed by atoms with Crippen LogP contribution >= 0.6 is 0 Å². The Labute approximate surface area is 200 Å². The fourth-order valence-electron chi connectivity index (χ4n) is 5.63.